The van der Waals surface area contributed by atoms with Crippen LogP contribution in [0.3, 0.4) is 0 Å². The van der Waals surface area contributed by atoms with Gasteiger partial charge in [0, 0.05) is 11.6 Å². The molecule has 2 N–H and O–H groups in total. The number of ether oxygens (including phenoxy) is 1. The third-order valence-electron chi connectivity index (χ3n) is 3.94. The lowest BCUT2D eigenvalue weighted by Crippen LogP contribution is -2.54. The van der Waals surface area contributed by atoms with Crippen molar-refractivity contribution in [2.45, 2.75) is 0 Å². The van der Waals surface area contributed by atoms with E-state index in [0.717, 1.165) is 23.1 Å². The summed E-state index contributed by atoms with van der Waals surface area (Å²) >= 11 is 0. The lowest BCUT2D eigenvalue weighted by molar-refractivity contribution is -0.385. The summed E-state index contributed by atoms with van der Waals surface area (Å²) in [6.07, 6.45) is 0.963. The molecular formula is C18H13N3O7. The quantitative estimate of drug-likeness (QED) is 0.356. The minimum Gasteiger partial charge on any atom is -0.504 e. The van der Waals surface area contributed by atoms with Crippen molar-refractivity contribution in [2.24, 2.45) is 0 Å². The van der Waals surface area contributed by atoms with Crippen LogP contribution in [0.5, 0.6) is 11.5 Å². The van der Waals surface area contributed by atoms with Crippen molar-refractivity contribution in [1.82, 2.24) is 5.32 Å². The second-order valence-electron chi connectivity index (χ2n) is 5.64. The van der Waals surface area contributed by atoms with Crippen LogP contribution in [0.25, 0.3) is 6.08 Å². The van der Waals surface area contributed by atoms with Crippen LogP contribution in [0, 0.1) is 10.1 Å². The number of methoxy groups -OCH3 is 1. The summed E-state index contributed by atoms with van der Waals surface area (Å²) in [7, 11) is 1.20. The van der Waals surface area contributed by atoms with Gasteiger partial charge in [-0.3, -0.25) is 25.0 Å². The topological polar surface area (TPSA) is 139 Å². The fourth-order valence-corrected chi connectivity index (χ4v) is 2.61. The lowest BCUT2D eigenvalue weighted by atomic mass is 10.0. The number of benzene rings is 2. The zero-order valence-corrected chi connectivity index (χ0v) is 14.4. The Labute approximate surface area is 157 Å². The van der Waals surface area contributed by atoms with Gasteiger partial charge in [-0.1, -0.05) is 18.2 Å². The van der Waals surface area contributed by atoms with E-state index >= 15 is 0 Å². The summed E-state index contributed by atoms with van der Waals surface area (Å²) < 4.78 is 4.89. The van der Waals surface area contributed by atoms with Crippen molar-refractivity contribution in [1.29, 1.82) is 0 Å². The van der Waals surface area contributed by atoms with Gasteiger partial charge in [-0.2, -0.15) is 0 Å². The number of hydrogen-bond acceptors (Lipinski definition) is 7. The van der Waals surface area contributed by atoms with Crippen LogP contribution in [-0.4, -0.2) is 35.0 Å². The predicted molar refractivity (Wildman–Crippen MR) is 96.8 cm³/mol. The first kappa shape index (κ1) is 18.6. The van der Waals surface area contributed by atoms with Crippen LogP contribution in [-0.2, 0) is 9.59 Å². The van der Waals surface area contributed by atoms with E-state index in [-0.39, 0.29) is 17.0 Å². The molecule has 0 radical (unpaired) electrons. The number of rotatable bonds is 4. The number of hydrogen-bond donors (Lipinski definition) is 2. The number of carbonyl (C=O) groups excluding carboxylic acids is 3. The number of barbiturate groups is 1. The number of para-hydroxylation sites is 1. The maximum Gasteiger partial charge on any atom is 0.335 e. The minimum atomic E-state index is -0.993. The number of phenolic OH excluding ortho intramolecular Hbond substituents is 1. The van der Waals surface area contributed by atoms with Crippen LogP contribution in [0.2, 0.25) is 0 Å². The van der Waals surface area contributed by atoms with Gasteiger partial charge in [0.05, 0.1) is 23.8 Å². The number of phenols is 1. The fraction of sp³-hybridized carbons (Fsp3) is 0.0556. The molecule has 28 heavy (non-hydrogen) atoms. The molecule has 2 aromatic carbocycles. The van der Waals surface area contributed by atoms with E-state index in [0.29, 0.717) is 0 Å². The second-order valence-corrected chi connectivity index (χ2v) is 5.64. The summed E-state index contributed by atoms with van der Waals surface area (Å²) in [5.41, 5.74) is -0.862. The highest BCUT2D eigenvalue weighted by Crippen LogP contribution is 2.36. The maximum atomic E-state index is 12.8. The third kappa shape index (κ3) is 3.26. The zero-order chi connectivity index (χ0) is 20.4. The predicted octanol–water partition coefficient (Wildman–Crippen LogP) is 1.98. The van der Waals surface area contributed by atoms with Gasteiger partial charge in [-0.25, -0.2) is 9.69 Å². The molecule has 2 aromatic rings. The van der Waals surface area contributed by atoms with E-state index in [1.165, 1.54) is 19.2 Å². The summed E-state index contributed by atoms with van der Waals surface area (Å²) in [5.74, 6) is -2.64. The number of nitro benzene ring substituents is 1. The molecular weight excluding hydrogens is 370 g/mol. The van der Waals surface area contributed by atoms with Gasteiger partial charge in [0.15, 0.2) is 11.5 Å². The number of nitro groups is 1. The maximum absolute atomic E-state index is 12.8. The van der Waals surface area contributed by atoms with E-state index in [4.69, 9.17) is 4.74 Å². The van der Waals surface area contributed by atoms with Crippen molar-refractivity contribution in [3.8, 4) is 11.5 Å². The normalized spacial score (nSPS) is 15.5. The number of urea groups is 1. The van der Waals surface area contributed by atoms with Gasteiger partial charge in [0.25, 0.3) is 17.5 Å². The monoisotopic (exact) mass is 383 g/mol. The molecule has 0 atom stereocenters. The Morgan fingerprint density at radius 1 is 1.18 bits per heavy atom. The Morgan fingerprint density at radius 2 is 1.86 bits per heavy atom. The first-order valence-corrected chi connectivity index (χ1v) is 7.85. The van der Waals surface area contributed by atoms with E-state index < -0.39 is 39.8 Å². The number of amides is 4. The molecule has 0 aliphatic carbocycles. The van der Waals surface area contributed by atoms with Crippen LogP contribution in [0.4, 0.5) is 16.2 Å². The Kier molecular flexibility index (Phi) is 4.77. The molecule has 0 spiro atoms. The highest BCUT2D eigenvalue weighted by atomic mass is 16.6. The average Bonchev–Trinajstić information content (AvgIpc) is 2.66. The first-order chi connectivity index (χ1) is 13.3. The summed E-state index contributed by atoms with van der Waals surface area (Å²) in [6, 6.07) is 8.94. The molecule has 1 fully saturated rings. The fourth-order valence-electron chi connectivity index (χ4n) is 2.61. The number of non-ortho nitro benzene ring substituents is 1. The number of anilines is 1. The first-order valence-electron chi connectivity index (χ1n) is 7.85. The van der Waals surface area contributed by atoms with Gasteiger partial charge in [-0.05, 0) is 18.2 Å². The molecule has 0 aromatic heterocycles. The molecule has 10 heteroatoms. The molecule has 1 saturated heterocycles. The Bertz CT molecular complexity index is 1030. The van der Waals surface area contributed by atoms with Gasteiger partial charge in [0.1, 0.15) is 5.57 Å². The molecule has 0 unspecified atom stereocenters. The van der Waals surface area contributed by atoms with Crippen LogP contribution in [0.15, 0.2) is 48.0 Å². The molecule has 1 aliphatic heterocycles. The Balaban J connectivity index is 2.12. The van der Waals surface area contributed by atoms with Crippen molar-refractivity contribution in [3.05, 3.63) is 63.7 Å². The smallest absolute Gasteiger partial charge is 0.335 e. The Morgan fingerprint density at radius 3 is 2.46 bits per heavy atom. The van der Waals surface area contributed by atoms with E-state index in [1.54, 1.807) is 18.2 Å². The highest BCUT2D eigenvalue weighted by molar-refractivity contribution is 6.39. The van der Waals surface area contributed by atoms with Crippen LogP contribution < -0.4 is 15.0 Å². The number of imide groups is 2. The molecule has 4 amide bonds. The van der Waals surface area contributed by atoms with Gasteiger partial charge in [-0.15, -0.1) is 0 Å². The van der Waals surface area contributed by atoms with Crippen LogP contribution >= 0.6 is 0 Å². The van der Waals surface area contributed by atoms with E-state index in [9.17, 15) is 29.6 Å². The van der Waals surface area contributed by atoms with Crippen molar-refractivity contribution < 1.29 is 29.2 Å². The molecule has 1 aliphatic rings. The highest BCUT2D eigenvalue weighted by Gasteiger charge is 2.37. The second kappa shape index (κ2) is 7.19. The van der Waals surface area contributed by atoms with E-state index in [1.807, 2.05) is 5.32 Å². The minimum absolute atomic E-state index is 0.188. The molecule has 0 saturated carbocycles. The van der Waals surface area contributed by atoms with Gasteiger partial charge >= 0.3 is 6.03 Å². The van der Waals surface area contributed by atoms with E-state index in [2.05, 4.69) is 0 Å². The van der Waals surface area contributed by atoms with Crippen molar-refractivity contribution >= 4 is 35.3 Å². The SMILES string of the molecule is COc1cc([N+](=O)[O-])cc(/C=C2/C(=O)NC(=O)N(c3ccccc3)C2=O)c1O. The van der Waals surface area contributed by atoms with Gasteiger partial charge < -0.3 is 9.84 Å². The number of nitrogens with zero attached hydrogens (tertiary/aromatic N) is 2. The molecule has 0 bridgehead atoms. The Hall–Kier alpha value is -4.21. The molecule has 3 rings (SSSR count). The number of carbonyl (C=O) groups is 3. The largest absolute Gasteiger partial charge is 0.504 e. The van der Waals surface area contributed by atoms with Crippen molar-refractivity contribution in [3.63, 3.8) is 0 Å². The summed E-state index contributed by atoms with van der Waals surface area (Å²) in [5, 5.41) is 23.3. The zero-order valence-electron chi connectivity index (χ0n) is 14.4. The summed E-state index contributed by atoms with van der Waals surface area (Å²) in [6.45, 7) is 0. The molecule has 1 heterocycles. The van der Waals surface area contributed by atoms with Crippen LogP contribution in [0.1, 0.15) is 5.56 Å². The lowest BCUT2D eigenvalue weighted by Gasteiger charge is -2.26. The number of nitrogens with one attached hydrogen (secondary N) is 1. The number of aromatic hydroxyl groups is 1. The standard InChI is InChI=1S/C18H13N3O7/c1-28-14-9-12(21(26)27)7-10(15(14)22)8-13-16(23)19-18(25)20(17(13)24)11-5-3-2-4-6-11/h2-9,22H,1H3,(H,19,23,25)/b13-8-. The molecule has 142 valence electrons. The summed E-state index contributed by atoms with van der Waals surface area (Å²) in [4.78, 5) is 48.2. The molecule has 10 nitrogen and oxygen atoms in total. The van der Waals surface area contributed by atoms with Crippen molar-refractivity contribution in [2.75, 3.05) is 12.0 Å². The average molecular weight is 383 g/mol. The van der Waals surface area contributed by atoms with Gasteiger partial charge in [0.2, 0.25) is 0 Å². The third-order valence-corrected chi connectivity index (χ3v) is 3.94.